The molecule has 0 unspecified atom stereocenters. The Labute approximate surface area is 128 Å². The molecule has 2 aliphatic heterocycles. The molecular weight excluding hydrogens is 290 g/mol. The van der Waals surface area contributed by atoms with Gasteiger partial charge in [0.25, 0.3) is 0 Å². The zero-order valence-electron chi connectivity index (χ0n) is 12.2. The molecule has 1 aromatic heterocycles. The van der Waals surface area contributed by atoms with Crippen molar-refractivity contribution >= 4 is 17.4 Å². The summed E-state index contributed by atoms with van der Waals surface area (Å²) >= 11 is 1.63. The normalized spacial score (nSPS) is 28.6. The highest BCUT2D eigenvalue weighted by atomic mass is 32.1. The first-order valence-corrected chi connectivity index (χ1v) is 8.21. The summed E-state index contributed by atoms with van der Waals surface area (Å²) in [5.41, 5.74) is 6.37. The fourth-order valence-electron chi connectivity index (χ4n) is 3.16. The number of nitrogens with zero attached hydrogens (tertiary/aromatic N) is 2. The van der Waals surface area contributed by atoms with Crippen LogP contribution in [0, 0.1) is 6.92 Å². The molecule has 0 spiro atoms. The van der Waals surface area contributed by atoms with Crippen molar-refractivity contribution in [2.45, 2.75) is 51.0 Å². The quantitative estimate of drug-likeness (QED) is 0.917. The Balaban J connectivity index is 1.44. The molecule has 2 aliphatic rings. The number of urea groups is 1. The summed E-state index contributed by atoms with van der Waals surface area (Å²) in [5.74, 6) is 0. The number of amides is 2. The Hall–Kier alpha value is -1.18. The van der Waals surface area contributed by atoms with Crippen LogP contribution in [-0.2, 0) is 16.1 Å². The fraction of sp³-hybridized carbons (Fsp3) is 0.714. The molecule has 3 heterocycles. The molecule has 0 saturated carbocycles. The molecule has 0 bridgehead atoms. The molecule has 2 amide bonds. The van der Waals surface area contributed by atoms with Crippen LogP contribution in [0.5, 0.6) is 0 Å². The number of aromatic nitrogens is 1. The lowest BCUT2D eigenvalue weighted by Gasteiger charge is -2.35. The van der Waals surface area contributed by atoms with Crippen molar-refractivity contribution in [3.05, 3.63) is 16.1 Å². The molecule has 3 atom stereocenters. The highest BCUT2D eigenvalue weighted by Gasteiger charge is 2.41. The SMILES string of the molecule is Cc1nc(COC[C@H]2CC[C@H]3[C@H](CCN3C(N)=O)O2)cs1. The highest BCUT2D eigenvalue weighted by Crippen LogP contribution is 2.31. The van der Waals surface area contributed by atoms with Gasteiger partial charge in [-0.25, -0.2) is 9.78 Å². The molecule has 21 heavy (non-hydrogen) atoms. The largest absolute Gasteiger partial charge is 0.372 e. The van der Waals surface area contributed by atoms with Crippen LogP contribution in [0.25, 0.3) is 0 Å². The first-order valence-electron chi connectivity index (χ1n) is 7.34. The van der Waals surface area contributed by atoms with Gasteiger partial charge < -0.3 is 20.1 Å². The number of primary amides is 1. The van der Waals surface area contributed by atoms with E-state index < -0.39 is 0 Å². The number of thiazole rings is 1. The number of likely N-dealkylation sites (tertiary alicyclic amines) is 1. The van der Waals surface area contributed by atoms with Crippen molar-refractivity contribution in [3.8, 4) is 0 Å². The predicted octanol–water partition coefficient (Wildman–Crippen LogP) is 1.67. The third kappa shape index (κ3) is 3.36. The van der Waals surface area contributed by atoms with Crippen LogP contribution in [0.15, 0.2) is 5.38 Å². The number of carbonyl (C=O) groups is 1. The Morgan fingerprint density at radius 2 is 2.43 bits per heavy atom. The number of hydrogen-bond acceptors (Lipinski definition) is 5. The molecule has 3 rings (SSSR count). The second-order valence-electron chi connectivity index (χ2n) is 5.63. The van der Waals surface area contributed by atoms with E-state index in [1.165, 1.54) is 0 Å². The van der Waals surface area contributed by atoms with Gasteiger partial charge in [0.15, 0.2) is 0 Å². The highest BCUT2D eigenvalue weighted by molar-refractivity contribution is 7.09. The standard InChI is InChI=1S/C14H21N3O3S/c1-9-16-10(8-21-9)6-19-7-11-2-3-12-13(20-11)4-5-17(12)14(15)18/h8,11-13H,2-7H2,1H3,(H2,15,18)/t11-,12+,13+/m1/s1. The van der Waals surface area contributed by atoms with E-state index in [4.69, 9.17) is 15.2 Å². The van der Waals surface area contributed by atoms with Crippen LogP contribution in [0.2, 0.25) is 0 Å². The number of ether oxygens (including phenoxy) is 2. The first kappa shape index (κ1) is 14.7. The summed E-state index contributed by atoms with van der Waals surface area (Å²) in [5, 5.41) is 3.08. The Morgan fingerprint density at radius 3 is 3.14 bits per heavy atom. The predicted molar refractivity (Wildman–Crippen MR) is 79.1 cm³/mol. The van der Waals surface area contributed by atoms with Gasteiger partial charge in [0, 0.05) is 11.9 Å². The molecule has 1 aromatic rings. The lowest BCUT2D eigenvalue weighted by Crippen LogP contribution is -2.47. The average molecular weight is 311 g/mol. The zero-order valence-corrected chi connectivity index (χ0v) is 13.0. The van der Waals surface area contributed by atoms with E-state index in [0.717, 1.165) is 30.0 Å². The van der Waals surface area contributed by atoms with Gasteiger partial charge in [-0.2, -0.15) is 0 Å². The van der Waals surface area contributed by atoms with Gasteiger partial charge in [0.2, 0.25) is 0 Å². The maximum Gasteiger partial charge on any atom is 0.315 e. The van der Waals surface area contributed by atoms with E-state index in [0.29, 0.717) is 19.8 Å². The van der Waals surface area contributed by atoms with Gasteiger partial charge in [-0.15, -0.1) is 11.3 Å². The minimum atomic E-state index is -0.334. The van der Waals surface area contributed by atoms with Crippen LogP contribution in [0.3, 0.4) is 0 Å². The van der Waals surface area contributed by atoms with Gasteiger partial charge in [-0.3, -0.25) is 0 Å². The molecule has 116 valence electrons. The van der Waals surface area contributed by atoms with E-state index in [1.54, 1.807) is 16.2 Å². The molecular formula is C14H21N3O3S. The van der Waals surface area contributed by atoms with Gasteiger partial charge in [-0.1, -0.05) is 0 Å². The van der Waals surface area contributed by atoms with Crippen LogP contribution < -0.4 is 5.73 Å². The van der Waals surface area contributed by atoms with Gasteiger partial charge >= 0.3 is 6.03 Å². The smallest absolute Gasteiger partial charge is 0.315 e. The van der Waals surface area contributed by atoms with E-state index in [9.17, 15) is 4.79 Å². The second kappa shape index (κ2) is 6.29. The molecule has 2 fully saturated rings. The number of hydrogen-bond donors (Lipinski definition) is 1. The molecule has 2 N–H and O–H groups in total. The van der Waals surface area contributed by atoms with Crippen LogP contribution in [0.4, 0.5) is 4.79 Å². The summed E-state index contributed by atoms with van der Waals surface area (Å²) in [6.45, 7) is 3.81. The monoisotopic (exact) mass is 311 g/mol. The van der Waals surface area contributed by atoms with Gasteiger partial charge in [0.1, 0.15) is 0 Å². The number of rotatable bonds is 4. The van der Waals surface area contributed by atoms with Crippen molar-refractivity contribution in [1.29, 1.82) is 0 Å². The second-order valence-corrected chi connectivity index (χ2v) is 6.70. The summed E-state index contributed by atoms with van der Waals surface area (Å²) < 4.78 is 11.8. The molecule has 0 radical (unpaired) electrons. The Morgan fingerprint density at radius 1 is 1.57 bits per heavy atom. The van der Waals surface area contributed by atoms with Crippen molar-refractivity contribution in [1.82, 2.24) is 9.88 Å². The van der Waals surface area contributed by atoms with Crippen LogP contribution in [0.1, 0.15) is 30.0 Å². The van der Waals surface area contributed by atoms with Crippen LogP contribution >= 0.6 is 11.3 Å². The average Bonchev–Trinajstić information content (AvgIpc) is 3.04. The fourth-order valence-corrected chi connectivity index (χ4v) is 3.76. The lowest BCUT2D eigenvalue weighted by atomic mass is 9.99. The van der Waals surface area contributed by atoms with E-state index in [2.05, 4.69) is 4.98 Å². The summed E-state index contributed by atoms with van der Waals surface area (Å²) in [6, 6.07) is -0.181. The van der Waals surface area contributed by atoms with E-state index >= 15 is 0 Å². The number of aryl methyl sites for hydroxylation is 1. The maximum absolute atomic E-state index is 11.3. The Kier molecular flexibility index (Phi) is 4.42. The van der Waals surface area contributed by atoms with E-state index in [-0.39, 0.29) is 24.3 Å². The molecule has 6 nitrogen and oxygen atoms in total. The molecule has 0 aromatic carbocycles. The third-order valence-electron chi connectivity index (χ3n) is 4.14. The number of fused-ring (bicyclic) bond motifs is 1. The molecule has 7 heteroatoms. The van der Waals surface area contributed by atoms with Gasteiger partial charge in [0.05, 0.1) is 42.2 Å². The number of carbonyl (C=O) groups excluding carboxylic acids is 1. The van der Waals surface area contributed by atoms with Crippen LogP contribution in [-0.4, -0.2) is 47.3 Å². The summed E-state index contributed by atoms with van der Waals surface area (Å²) in [4.78, 5) is 17.4. The third-order valence-corrected chi connectivity index (χ3v) is 4.96. The van der Waals surface area contributed by atoms with Crippen molar-refractivity contribution in [2.75, 3.05) is 13.2 Å². The zero-order chi connectivity index (χ0) is 14.8. The number of nitrogens with two attached hydrogens (primary N) is 1. The first-order chi connectivity index (χ1) is 10.1. The molecule has 0 aliphatic carbocycles. The maximum atomic E-state index is 11.3. The molecule has 2 saturated heterocycles. The van der Waals surface area contributed by atoms with Gasteiger partial charge in [-0.05, 0) is 26.2 Å². The minimum absolute atomic E-state index is 0.110. The van der Waals surface area contributed by atoms with Crippen molar-refractivity contribution < 1.29 is 14.3 Å². The topological polar surface area (TPSA) is 77.7 Å². The van der Waals surface area contributed by atoms with E-state index in [1.807, 2.05) is 12.3 Å². The lowest BCUT2D eigenvalue weighted by molar-refractivity contribution is -0.0982. The Bertz CT molecular complexity index is 507. The summed E-state index contributed by atoms with van der Waals surface area (Å²) in [6.07, 6.45) is 2.94. The van der Waals surface area contributed by atoms with Crippen molar-refractivity contribution in [3.63, 3.8) is 0 Å². The summed E-state index contributed by atoms with van der Waals surface area (Å²) in [7, 11) is 0. The minimum Gasteiger partial charge on any atom is -0.372 e. The van der Waals surface area contributed by atoms with Crippen molar-refractivity contribution in [2.24, 2.45) is 5.73 Å².